The van der Waals surface area contributed by atoms with Crippen LogP contribution in [-0.4, -0.2) is 33.9 Å². The van der Waals surface area contributed by atoms with Crippen LogP contribution in [0.4, 0.5) is 0 Å². The van der Waals surface area contributed by atoms with E-state index in [2.05, 4.69) is 6.58 Å². The molecule has 2 unspecified atom stereocenters. The smallest absolute Gasteiger partial charge is 0.316 e. The number of allylic oxidation sites excluding steroid dienone is 1. The predicted molar refractivity (Wildman–Crippen MR) is 83.7 cm³/mol. The summed E-state index contributed by atoms with van der Waals surface area (Å²) in [5.41, 5.74) is -1.30. The molecule has 24 heavy (non-hydrogen) atoms. The Kier molecular flexibility index (Phi) is 2.42. The van der Waals surface area contributed by atoms with Crippen molar-refractivity contribution in [1.29, 1.82) is 0 Å². The summed E-state index contributed by atoms with van der Waals surface area (Å²) in [6.07, 6.45) is 5.83. The van der Waals surface area contributed by atoms with Crippen molar-refractivity contribution in [1.82, 2.24) is 0 Å². The van der Waals surface area contributed by atoms with Gasteiger partial charge in [-0.3, -0.25) is 9.59 Å². The van der Waals surface area contributed by atoms with E-state index in [1.165, 1.54) is 0 Å². The van der Waals surface area contributed by atoms with Crippen molar-refractivity contribution >= 4 is 11.9 Å². The number of hydrogen-bond donors (Lipinski definition) is 2. The molecule has 0 aromatic carbocycles. The summed E-state index contributed by atoms with van der Waals surface area (Å²) in [6.45, 7) is 5.88. The molecule has 5 nitrogen and oxygen atoms in total. The third-order valence-corrected chi connectivity index (χ3v) is 8.02. The summed E-state index contributed by atoms with van der Waals surface area (Å²) in [6, 6.07) is 0. The largest absolute Gasteiger partial charge is 0.481 e. The topological polar surface area (TPSA) is 83.8 Å². The zero-order valence-corrected chi connectivity index (χ0v) is 13.7. The first-order chi connectivity index (χ1) is 11.3. The van der Waals surface area contributed by atoms with Gasteiger partial charge in [-0.25, -0.2) is 0 Å². The van der Waals surface area contributed by atoms with Crippen molar-refractivity contribution < 1.29 is 24.5 Å². The quantitative estimate of drug-likeness (QED) is 0.567. The van der Waals surface area contributed by atoms with Crippen LogP contribution in [0.15, 0.2) is 24.3 Å². The number of carbonyl (C=O) groups is 2. The Hall–Kier alpha value is -1.62. The van der Waals surface area contributed by atoms with Gasteiger partial charge in [-0.1, -0.05) is 18.2 Å². The molecule has 5 rings (SSSR count). The minimum absolute atomic E-state index is 0.00104. The van der Waals surface area contributed by atoms with Gasteiger partial charge in [-0.15, -0.1) is 0 Å². The summed E-state index contributed by atoms with van der Waals surface area (Å²) >= 11 is 0. The molecular formula is C19H22O5. The van der Waals surface area contributed by atoms with Crippen LogP contribution in [0.2, 0.25) is 0 Å². The number of ether oxygens (including phenoxy) is 1. The number of aliphatic hydroxyl groups excluding tert-OH is 1. The molecule has 1 heterocycles. The number of carboxylic acids is 1. The first-order valence-electron chi connectivity index (χ1n) is 8.79. The zero-order chi connectivity index (χ0) is 17.1. The SMILES string of the molecule is C=C1C[C@]23C[C@@H]1CCC2[C@@]12C=C[C@H](O)[C@](C)(C(=O)O1)C2[C@@H]3C(=O)O. The normalized spacial score (nSPS) is 56.8. The van der Waals surface area contributed by atoms with E-state index in [-0.39, 0.29) is 5.92 Å². The molecule has 128 valence electrons. The average Bonchev–Trinajstić information content (AvgIpc) is 2.98. The van der Waals surface area contributed by atoms with Crippen LogP contribution in [0.25, 0.3) is 0 Å². The van der Waals surface area contributed by atoms with Crippen LogP contribution in [0.3, 0.4) is 0 Å². The van der Waals surface area contributed by atoms with E-state index in [0.717, 1.165) is 24.8 Å². The van der Waals surface area contributed by atoms with Crippen LogP contribution < -0.4 is 0 Å². The summed E-state index contributed by atoms with van der Waals surface area (Å²) in [4.78, 5) is 25.0. The molecule has 0 aromatic heterocycles. The molecule has 0 amide bonds. The Labute approximate surface area is 140 Å². The van der Waals surface area contributed by atoms with Crippen molar-refractivity contribution in [3.63, 3.8) is 0 Å². The molecule has 0 aromatic rings. The third-order valence-electron chi connectivity index (χ3n) is 8.02. The molecule has 0 radical (unpaired) electrons. The minimum atomic E-state index is -1.18. The Morgan fingerprint density at radius 1 is 1.42 bits per heavy atom. The van der Waals surface area contributed by atoms with Crippen molar-refractivity contribution in [3.8, 4) is 0 Å². The van der Waals surface area contributed by atoms with Gasteiger partial charge in [0.25, 0.3) is 0 Å². The Balaban J connectivity index is 1.78. The number of aliphatic carboxylic acids is 1. The summed E-state index contributed by atoms with van der Waals surface area (Å²) in [7, 11) is 0. The number of esters is 1. The highest BCUT2D eigenvalue weighted by Gasteiger charge is 2.82. The first-order valence-corrected chi connectivity index (χ1v) is 8.79. The molecule has 5 heteroatoms. The molecule has 5 aliphatic rings. The van der Waals surface area contributed by atoms with Crippen molar-refractivity contribution in [2.45, 2.75) is 44.3 Å². The van der Waals surface area contributed by atoms with Gasteiger partial charge < -0.3 is 14.9 Å². The molecule has 8 atom stereocenters. The van der Waals surface area contributed by atoms with Crippen LogP contribution >= 0.6 is 0 Å². The number of carbonyl (C=O) groups excluding carboxylic acids is 1. The lowest BCUT2D eigenvalue weighted by molar-refractivity contribution is -0.161. The lowest BCUT2D eigenvalue weighted by atomic mass is 9.61. The van der Waals surface area contributed by atoms with Crippen molar-refractivity contribution in [2.75, 3.05) is 0 Å². The van der Waals surface area contributed by atoms with E-state index >= 15 is 0 Å². The number of carboxylic acid groups (broad SMARTS) is 1. The molecule has 1 saturated heterocycles. The molecule has 2 N–H and O–H groups in total. The van der Waals surface area contributed by atoms with E-state index in [0.29, 0.717) is 12.3 Å². The van der Waals surface area contributed by atoms with E-state index in [4.69, 9.17) is 4.74 Å². The third kappa shape index (κ3) is 1.25. The number of rotatable bonds is 1. The van der Waals surface area contributed by atoms with Gasteiger partial charge >= 0.3 is 11.9 Å². The predicted octanol–water partition coefficient (Wildman–Crippen LogP) is 1.91. The molecule has 1 aliphatic heterocycles. The van der Waals surface area contributed by atoms with Crippen molar-refractivity contribution in [2.24, 2.45) is 34.5 Å². The highest BCUT2D eigenvalue weighted by atomic mass is 16.6. The highest BCUT2D eigenvalue weighted by Crippen LogP contribution is 2.76. The maximum atomic E-state index is 12.7. The van der Waals surface area contributed by atoms with Gasteiger partial charge in [0.1, 0.15) is 11.0 Å². The van der Waals surface area contributed by atoms with E-state index in [1.54, 1.807) is 13.0 Å². The second-order valence-corrected chi connectivity index (χ2v) is 8.72. The molecule has 4 fully saturated rings. The van der Waals surface area contributed by atoms with Crippen LogP contribution in [0, 0.1) is 34.5 Å². The first kappa shape index (κ1) is 14.7. The number of fused-ring (bicyclic) bond motifs is 1. The fourth-order valence-electron chi connectivity index (χ4n) is 7.14. The summed E-state index contributed by atoms with van der Waals surface area (Å²) in [5, 5.41) is 20.7. The number of hydrogen-bond acceptors (Lipinski definition) is 4. The fraction of sp³-hybridized carbons (Fsp3) is 0.684. The Bertz CT molecular complexity index is 725. The second-order valence-electron chi connectivity index (χ2n) is 8.72. The highest BCUT2D eigenvalue weighted by molar-refractivity contribution is 5.86. The van der Waals surface area contributed by atoms with Gasteiger partial charge in [-0.2, -0.15) is 0 Å². The van der Waals surface area contributed by atoms with Gasteiger partial charge in [0, 0.05) is 11.8 Å². The maximum absolute atomic E-state index is 12.7. The molecule has 3 saturated carbocycles. The van der Waals surface area contributed by atoms with E-state index < -0.39 is 46.3 Å². The van der Waals surface area contributed by atoms with Crippen LogP contribution in [0.1, 0.15) is 32.6 Å². The van der Waals surface area contributed by atoms with Crippen LogP contribution in [-0.2, 0) is 14.3 Å². The average molecular weight is 330 g/mol. The lowest BCUT2D eigenvalue weighted by Crippen LogP contribution is -2.50. The fourth-order valence-corrected chi connectivity index (χ4v) is 7.14. The lowest BCUT2D eigenvalue weighted by Gasteiger charge is -2.42. The van der Waals surface area contributed by atoms with E-state index in [1.807, 2.05) is 6.08 Å². The summed E-state index contributed by atoms with van der Waals surface area (Å²) in [5.74, 6) is -2.12. The second kappa shape index (κ2) is 3.96. The molecular weight excluding hydrogens is 308 g/mol. The molecule has 4 bridgehead atoms. The van der Waals surface area contributed by atoms with Gasteiger partial charge in [-0.05, 0) is 50.0 Å². The zero-order valence-electron chi connectivity index (χ0n) is 13.7. The number of aliphatic hydroxyl groups is 1. The minimum Gasteiger partial charge on any atom is -0.481 e. The van der Waals surface area contributed by atoms with Crippen LogP contribution in [0.5, 0.6) is 0 Å². The maximum Gasteiger partial charge on any atom is 0.316 e. The molecule has 1 spiro atoms. The summed E-state index contributed by atoms with van der Waals surface area (Å²) < 4.78 is 5.92. The van der Waals surface area contributed by atoms with Gasteiger partial charge in [0.2, 0.25) is 0 Å². The van der Waals surface area contributed by atoms with Gasteiger partial charge in [0.05, 0.1) is 12.0 Å². The standard InChI is InChI=1S/C19H22O5/c1-9-7-18-8-10(9)3-4-11(18)19-6-5-12(20)17(2,16(23)24-19)14(19)13(18)15(21)22/h5-6,10-14,20H,1,3-4,7-8H2,2H3,(H,21,22)/t10-,11?,12-,13+,14?,17-,18-,19+/m0/s1. The monoisotopic (exact) mass is 330 g/mol. The molecule has 4 aliphatic carbocycles. The van der Waals surface area contributed by atoms with Crippen molar-refractivity contribution in [3.05, 3.63) is 24.3 Å². The Morgan fingerprint density at radius 3 is 2.88 bits per heavy atom. The Morgan fingerprint density at radius 2 is 2.17 bits per heavy atom. The van der Waals surface area contributed by atoms with Gasteiger partial charge in [0.15, 0.2) is 0 Å². The van der Waals surface area contributed by atoms with E-state index in [9.17, 15) is 19.8 Å².